The van der Waals surface area contributed by atoms with E-state index in [2.05, 4.69) is 35.1 Å². The molecule has 1 aromatic carbocycles. The number of aryl methyl sites for hydroxylation is 1. The molecule has 6 heteroatoms. The molecule has 0 atom stereocenters. The number of hydrogen-bond donors (Lipinski definition) is 1. The van der Waals surface area contributed by atoms with Crippen LogP contribution in [0.3, 0.4) is 0 Å². The van der Waals surface area contributed by atoms with Crippen LogP contribution in [0, 0.1) is 6.92 Å². The van der Waals surface area contributed by atoms with Crippen molar-refractivity contribution in [3.05, 3.63) is 28.2 Å². The highest BCUT2D eigenvalue weighted by Gasteiger charge is 2.28. The molecule has 0 aliphatic heterocycles. The minimum absolute atomic E-state index is 0.107. The first-order valence-electron chi connectivity index (χ1n) is 9.83. The second-order valence-electron chi connectivity index (χ2n) is 7.87. The molecule has 0 heterocycles. The number of hydrogen-bond acceptors (Lipinski definition) is 3. The Balaban J connectivity index is 1.89. The maximum atomic E-state index is 12.9. The van der Waals surface area contributed by atoms with Gasteiger partial charge in [0.1, 0.15) is 0 Å². The first-order chi connectivity index (χ1) is 12.8. The van der Waals surface area contributed by atoms with Gasteiger partial charge >= 0.3 is 0 Å². The summed E-state index contributed by atoms with van der Waals surface area (Å²) in [5.41, 5.74) is 1.80. The molecule has 27 heavy (non-hydrogen) atoms. The molecule has 1 N–H and O–H groups in total. The van der Waals surface area contributed by atoms with Crippen molar-refractivity contribution in [3.8, 4) is 0 Å². The summed E-state index contributed by atoms with van der Waals surface area (Å²) in [5, 5.41) is 2.93. The van der Waals surface area contributed by atoms with Crippen LogP contribution < -0.4 is 5.32 Å². The van der Waals surface area contributed by atoms with Crippen LogP contribution in [-0.4, -0.2) is 53.8 Å². The van der Waals surface area contributed by atoms with E-state index in [-0.39, 0.29) is 30.9 Å². The molecule has 2 rings (SSSR count). The molecule has 2 amide bonds. The molecular weight excluding hydrogens is 406 g/mol. The van der Waals surface area contributed by atoms with Crippen molar-refractivity contribution in [1.82, 2.24) is 9.80 Å². The summed E-state index contributed by atoms with van der Waals surface area (Å²) in [6.45, 7) is 6.57. The average Bonchev–Trinajstić information content (AvgIpc) is 2.58. The fourth-order valence-electron chi connectivity index (χ4n) is 3.84. The molecule has 0 bridgehead atoms. The second-order valence-corrected chi connectivity index (χ2v) is 8.78. The van der Waals surface area contributed by atoms with E-state index in [1.165, 1.54) is 19.3 Å². The van der Waals surface area contributed by atoms with Crippen molar-refractivity contribution in [2.45, 2.75) is 65.0 Å². The van der Waals surface area contributed by atoms with Crippen LogP contribution in [0.4, 0.5) is 5.69 Å². The lowest BCUT2D eigenvalue weighted by Crippen LogP contribution is -2.49. The van der Waals surface area contributed by atoms with Gasteiger partial charge in [-0.2, -0.15) is 0 Å². The van der Waals surface area contributed by atoms with Crippen molar-refractivity contribution in [3.63, 3.8) is 0 Å². The highest BCUT2D eigenvalue weighted by molar-refractivity contribution is 9.10. The number of amides is 2. The number of nitrogens with zero attached hydrogens (tertiary/aromatic N) is 2. The standard InChI is InChI=1S/C21H32BrN3O2/c1-15(2)25(18-8-6-5-7-9-18)21(27)14-24(4)13-20(26)23-19-11-10-17(22)12-16(19)3/h10-12,15,18H,5-9,13-14H2,1-4H3,(H,23,26). The molecule has 1 aromatic rings. The number of anilines is 1. The topological polar surface area (TPSA) is 52.7 Å². The monoisotopic (exact) mass is 437 g/mol. The number of carbonyl (C=O) groups excluding carboxylic acids is 2. The summed E-state index contributed by atoms with van der Waals surface area (Å²) >= 11 is 3.42. The Morgan fingerprint density at radius 1 is 1.19 bits per heavy atom. The van der Waals surface area contributed by atoms with E-state index < -0.39 is 0 Å². The van der Waals surface area contributed by atoms with Gasteiger partial charge in [0.15, 0.2) is 0 Å². The number of carbonyl (C=O) groups is 2. The molecule has 0 spiro atoms. The fourth-order valence-corrected chi connectivity index (χ4v) is 4.32. The summed E-state index contributed by atoms with van der Waals surface area (Å²) in [7, 11) is 1.82. The van der Waals surface area contributed by atoms with Gasteiger partial charge < -0.3 is 10.2 Å². The predicted octanol–water partition coefficient (Wildman–Crippen LogP) is 4.20. The summed E-state index contributed by atoms with van der Waals surface area (Å²) in [5.74, 6) is 0.0107. The highest BCUT2D eigenvalue weighted by Crippen LogP contribution is 2.24. The Hall–Kier alpha value is -1.40. The van der Waals surface area contributed by atoms with Gasteiger partial charge in [-0.25, -0.2) is 0 Å². The zero-order chi connectivity index (χ0) is 20.0. The third kappa shape index (κ3) is 6.61. The van der Waals surface area contributed by atoms with Gasteiger partial charge in [0.2, 0.25) is 11.8 Å². The number of nitrogens with one attached hydrogen (secondary N) is 1. The Morgan fingerprint density at radius 3 is 2.44 bits per heavy atom. The Morgan fingerprint density at radius 2 is 1.85 bits per heavy atom. The molecule has 0 aromatic heterocycles. The summed E-state index contributed by atoms with van der Waals surface area (Å²) < 4.78 is 0.984. The van der Waals surface area contributed by atoms with E-state index in [0.717, 1.165) is 28.6 Å². The SMILES string of the molecule is Cc1cc(Br)ccc1NC(=O)CN(C)CC(=O)N(C(C)C)C1CCCCC1. The maximum Gasteiger partial charge on any atom is 0.238 e. The van der Waals surface area contributed by atoms with Gasteiger partial charge in [-0.15, -0.1) is 0 Å². The highest BCUT2D eigenvalue weighted by atomic mass is 79.9. The van der Waals surface area contributed by atoms with E-state index in [4.69, 9.17) is 0 Å². The Labute approximate surface area is 171 Å². The van der Waals surface area contributed by atoms with Gasteiger partial charge in [-0.1, -0.05) is 35.2 Å². The van der Waals surface area contributed by atoms with E-state index in [1.807, 2.05) is 37.1 Å². The molecule has 5 nitrogen and oxygen atoms in total. The second kappa shape index (κ2) is 10.2. The summed E-state index contributed by atoms with van der Waals surface area (Å²) in [6.07, 6.45) is 5.86. The normalized spacial score (nSPS) is 15.2. The van der Waals surface area contributed by atoms with Crippen molar-refractivity contribution >= 4 is 33.4 Å². The van der Waals surface area contributed by atoms with E-state index in [9.17, 15) is 9.59 Å². The molecule has 1 fully saturated rings. The third-order valence-corrected chi connectivity index (χ3v) is 5.59. The molecule has 0 radical (unpaired) electrons. The molecule has 150 valence electrons. The number of benzene rings is 1. The van der Waals surface area contributed by atoms with E-state index in [0.29, 0.717) is 6.04 Å². The quantitative estimate of drug-likeness (QED) is 0.695. The Bertz CT molecular complexity index is 657. The number of likely N-dealkylation sites (N-methyl/N-ethyl adjacent to an activating group) is 1. The fraction of sp³-hybridized carbons (Fsp3) is 0.619. The van der Waals surface area contributed by atoms with Gasteiger partial charge in [-0.3, -0.25) is 14.5 Å². The number of rotatable bonds is 7. The van der Waals surface area contributed by atoms with Crippen molar-refractivity contribution < 1.29 is 9.59 Å². The molecule has 1 saturated carbocycles. The average molecular weight is 438 g/mol. The number of halogens is 1. The Kier molecular flexibility index (Phi) is 8.29. The summed E-state index contributed by atoms with van der Waals surface area (Å²) in [4.78, 5) is 29.1. The molecule has 1 aliphatic carbocycles. The van der Waals surface area contributed by atoms with Crippen LogP contribution >= 0.6 is 15.9 Å². The minimum Gasteiger partial charge on any atom is -0.336 e. The van der Waals surface area contributed by atoms with Crippen molar-refractivity contribution in [2.75, 3.05) is 25.5 Å². The largest absolute Gasteiger partial charge is 0.336 e. The first-order valence-corrected chi connectivity index (χ1v) is 10.6. The van der Waals surface area contributed by atoms with Crippen LogP contribution in [-0.2, 0) is 9.59 Å². The lowest BCUT2D eigenvalue weighted by molar-refractivity contribution is -0.137. The summed E-state index contributed by atoms with van der Waals surface area (Å²) in [6, 6.07) is 6.28. The lowest BCUT2D eigenvalue weighted by atomic mass is 9.93. The zero-order valence-electron chi connectivity index (χ0n) is 16.9. The van der Waals surface area contributed by atoms with Crippen LogP contribution in [0.5, 0.6) is 0 Å². The molecular formula is C21H32BrN3O2. The predicted molar refractivity (Wildman–Crippen MR) is 114 cm³/mol. The van der Waals surface area contributed by atoms with Gasteiger partial charge in [-0.05, 0) is 64.4 Å². The molecule has 1 aliphatic rings. The van der Waals surface area contributed by atoms with Crippen molar-refractivity contribution in [2.24, 2.45) is 0 Å². The van der Waals surface area contributed by atoms with Crippen LogP contribution in [0.1, 0.15) is 51.5 Å². The molecule has 0 unspecified atom stereocenters. The lowest BCUT2D eigenvalue weighted by Gasteiger charge is -2.38. The molecule has 0 saturated heterocycles. The van der Waals surface area contributed by atoms with Crippen LogP contribution in [0.15, 0.2) is 22.7 Å². The first kappa shape index (κ1) is 21.9. The van der Waals surface area contributed by atoms with Crippen LogP contribution in [0.2, 0.25) is 0 Å². The van der Waals surface area contributed by atoms with E-state index in [1.54, 1.807) is 4.90 Å². The zero-order valence-corrected chi connectivity index (χ0v) is 18.5. The minimum atomic E-state index is -0.107. The smallest absolute Gasteiger partial charge is 0.238 e. The van der Waals surface area contributed by atoms with Crippen molar-refractivity contribution in [1.29, 1.82) is 0 Å². The van der Waals surface area contributed by atoms with Gasteiger partial charge in [0.05, 0.1) is 13.1 Å². The maximum absolute atomic E-state index is 12.9. The van der Waals surface area contributed by atoms with Crippen LogP contribution in [0.25, 0.3) is 0 Å². The van der Waals surface area contributed by atoms with Gasteiger partial charge in [0, 0.05) is 22.2 Å². The van der Waals surface area contributed by atoms with E-state index >= 15 is 0 Å². The van der Waals surface area contributed by atoms with Gasteiger partial charge in [0.25, 0.3) is 0 Å². The third-order valence-electron chi connectivity index (χ3n) is 5.09.